The highest BCUT2D eigenvalue weighted by atomic mass is 32.2. The molecule has 0 heterocycles. The van der Waals surface area contributed by atoms with Crippen LogP contribution in [0.3, 0.4) is 0 Å². The highest BCUT2D eigenvalue weighted by Gasteiger charge is 2.24. The maximum Gasteiger partial charge on any atom is 0.307 e. The fourth-order valence-corrected chi connectivity index (χ4v) is 4.44. The van der Waals surface area contributed by atoms with Crippen LogP contribution in [0.5, 0.6) is 0 Å². The maximum atomic E-state index is 12.8. The summed E-state index contributed by atoms with van der Waals surface area (Å²) in [6.07, 6.45) is -0.0380. The van der Waals surface area contributed by atoms with Crippen LogP contribution in [0, 0.1) is 0 Å². The van der Waals surface area contributed by atoms with Crippen LogP contribution >= 0.6 is 0 Å². The molecule has 1 amide bonds. The van der Waals surface area contributed by atoms with Gasteiger partial charge >= 0.3 is 5.97 Å². The summed E-state index contributed by atoms with van der Waals surface area (Å²) in [6.45, 7) is 4.19. The van der Waals surface area contributed by atoms with Gasteiger partial charge in [0.1, 0.15) is 0 Å². The van der Waals surface area contributed by atoms with Gasteiger partial charge in [-0.25, -0.2) is 8.42 Å². The van der Waals surface area contributed by atoms with Crippen LogP contribution in [0.25, 0.3) is 0 Å². The van der Waals surface area contributed by atoms with E-state index in [1.165, 1.54) is 35.7 Å². The summed E-state index contributed by atoms with van der Waals surface area (Å²) in [7, 11) is -2.40. The van der Waals surface area contributed by atoms with E-state index in [9.17, 15) is 18.0 Å². The molecule has 0 radical (unpaired) electrons. The van der Waals surface area contributed by atoms with E-state index in [4.69, 9.17) is 4.74 Å². The third-order valence-corrected chi connectivity index (χ3v) is 6.59. The highest BCUT2D eigenvalue weighted by molar-refractivity contribution is 7.89. The number of nitrogens with one attached hydrogen (secondary N) is 1. The van der Waals surface area contributed by atoms with Crippen LogP contribution in [-0.2, 0) is 19.6 Å². The van der Waals surface area contributed by atoms with Crippen molar-refractivity contribution in [3.05, 3.63) is 65.7 Å². The van der Waals surface area contributed by atoms with Gasteiger partial charge in [0.05, 0.1) is 24.5 Å². The predicted molar refractivity (Wildman–Crippen MR) is 110 cm³/mol. The van der Waals surface area contributed by atoms with Gasteiger partial charge in [-0.15, -0.1) is 0 Å². The molecule has 2 rings (SSSR count). The van der Waals surface area contributed by atoms with Gasteiger partial charge in [0, 0.05) is 18.7 Å². The third-order valence-electron chi connectivity index (χ3n) is 4.55. The van der Waals surface area contributed by atoms with Gasteiger partial charge in [0.25, 0.3) is 5.91 Å². The van der Waals surface area contributed by atoms with Crippen LogP contribution in [0.1, 0.15) is 42.2 Å². The van der Waals surface area contributed by atoms with Crippen molar-refractivity contribution in [2.75, 3.05) is 20.2 Å². The first-order valence-corrected chi connectivity index (χ1v) is 10.8. The van der Waals surface area contributed by atoms with Crippen molar-refractivity contribution in [1.29, 1.82) is 0 Å². The van der Waals surface area contributed by atoms with Crippen molar-refractivity contribution >= 4 is 21.9 Å². The van der Waals surface area contributed by atoms with E-state index >= 15 is 0 Å². The fourth-order valence-electron chi connectivity index (χ4n) is 2.94. The lowest BCUT2D eigenvalue weighted by molar-refractivity contribution is -0.141. The quantitative estimate of drug-likeness (QED) is 0.632. The predicted octanol–water partition coefficient (Wildman–Crippen LogP) is 2.75. The first-order valence-electron chi connectivity index (χ1n) is 9.36. The molecule has 7 nitrogen and oxygen atoms in total. The van der Waals surface area contributed by atoms with Gasteiger partial charge in [-0.3, -0.25) is 9.59 Å². The van der Waals surface area contributed by atoms with Crippen molar-refractivity contribution in [3.63, 3.8) is 0 Å². The number of sulfonamides is 1. The van der Waals surface area contributed by atoms with E-state index < -0.39 is 27.9 Å². The number of benzene rings is 2. The lowest BCUT2D eigenvalue weighted by Crippen LogP contribution is -2.32. The molecular weight excluding hydrogens is 392 g/mol. The summed E-state index contributed by atoms with van der Waals surface area (Å²) >= 11 is 0. The molecule has 0 aliphatic carbocycles. The minimum absolute atomic E-state index is 0.0380. The average molecular weight is 419 g/mol. The van der Waals surface area contributed by atoms with Crippen LogP contribution in [0.2, 0.25) is 0 Å². The number of hydrogen-bond donors (Lipinski definition) is 1. The van der Waals surface area contributed by atoms with E-state index in [2.05, 4.69) is 5.32 Å². The Bertz CT molecular complexity index is 941. The molecular formula is C21H26N2O5S. The van der Waals surface area contributed by atoms with Crippen LogP contribution in [0.15, 0.2) is 59.5 Å². The van der Waals surface area contributed by atoms with Crippen molar-refractivity contribution in [1.82, 2.24) is 9.62 Å². The Hall–Kier alpha value is -2.71. The number of methoxy groups -OCH3 is 1. The molecule has 1 unspecified atom stereocenters. The number of nitrogens with zero attached hydrogens (tertiary/aromatic N) is 1. The number of carbonyl (C=O) groups is 2. The molecule has 0 aliphatic rings. The summed E-state index contributed by atoms with van der Waals surface area (Å²) in [6, 6.07) is 14.3. The lowest BCUT2D eigenvalue weighted by atomic mass is 10.0. The van der Waals surface area contributed by atoms with E-state index in [0.29, 0.717) is 13.1 Å². The molecule has 1 N–H and O–H groups in total. The number of amides is 1. The Labute approximate surface area is 171 Å². The number of esters is 1. The normalized spacial score (nSPS) is 12.4. The molecule has 156 valence electrons. The maximum absolute atomic E-state index is 12.8. The second kappa shape index (κ2) is 10.2. The van der Waals surface area contributed by atoms with E-state index in [1.54, 1.807) is 26.0 Å². The Morgan fingerprint density at radius 2 is 1.69 bits per heavy atom. The molecule has 2 aromatic rings. The molecule has 0 aliphatic heterocycles. The zero-order valence-corrected chi connectivity index (χ0v) is 17.6. The smallest absolute Gasteiger partial charge is 0.307 e. The van der Waals surface area contributed by atoms with Crippen molar-refractivity contribution in [2.45, 2.75) is 31.2 Å². The van der Waals surface area contributed by atoms with Gasteiger partial charge < -0.3 is 10.1 Å². The lowest BCUT2D eigenvalue weighted by Gasteiger charge is -2.20. The van der Waals surface area contributed by atoms with Crippen molar-refractivity contribution < 1.29 is 22.7 Å². The molecule has 0 spiro atoms. The number of ether oxygens (including phenoxy) is 1. The van der Waals surface area contributed by atoms with E-state index in [0.717, 1.165) is 5.56 Å². The Morgan fingerprint density at radius 1 is 1.03 bits per heavy atom. The number of hydrogen-bond acceptors (Lipinski definition) is 5. The molecule has 0 saturated heterocycles. The monoisotopic (exact) mass is 418 g/mol. The largest absolute Gasteiger partial charge is 0.469 e. The summed E-state index contributed by atoms with van der Waals surface area (Å²) in [4.78, 5) is 24.7. The first-order chi connectivity index (χ1) is 13.8. The Balaban J connectivity index is 2.30. The van der Waals surface area contributed by atoms with Gasteiger partial charge in [-0.05, 0) is 23.8 Å². The summed E-state index contributed by atoms with van der Waals surface area (Å²) < 4.78 is 31.5. The molecule has 2 aromatic carbocycles. The van der Waals surface area contributed by atoms with Gasteiger partial charge in [-0.1, -0.05) is 50.2 Å². The molecule has 8 heteroatoms. The topological polar surface area (TPSA) is 92.8 Å². The molecule has 1 atom stereocenters. The van der Waals surface area contributed by atoms with Gasteiger partial charge in [0.2, 0.25) is 10.0 Å². The zero-order valence-electron chi connectivity index (χ0n) is 16.8. The standard InChI is InChI=1S/C21H26N2O5S/c1-4-23(5-2)29(26,27)18-13-9-12-17(14-18)21(25)22-19(15-20(24)28-3)16-10-7-6-8-11-16/h6-14,19H,4-5,15H2,1-3H3,(H,22,25). The average Bonchev–Trinajstić information content (AvgIpc) is 2.74. The highest BCUT2D eigenvalue weighted by Crippen LogP contribution is 2.20. The van der Waals surface area contributed by atoms with Gasteiger partial charge in [0.15, 0.2) is 0 Å². The molecule has 0 saturated carbocycles. The minimum atomic E-state index is -3.68. The van der Waals surface area contributed by atoms with Crippen LogP contribution in [-0.4, -0.2) is 44.8 Å². The number of carbonyl (C=O) groups excluding carboxylic acids is 2. The SMILES string of the molecule is CCN(CC)S(=O)(=O)c1cccc(C(=O)NC(CC(=O)OC)c2ccccc2)c1. The molecule has 0 aromatic heterocycles. The summed E-state index contributed by atoms with van der Waals surface area (Å²) in [5, 5.41) is 2.80. The van der Waals surface area contributed by atoms with Gasteiger partial charge in [-0.2, -0.15) is 4.31 Å². The first kappa shape index (κ1) is 22.6. The second-order valence-corrected chi connectivity index (χ2v) is 8.27. The second-order valence-electron chi connectivity index (χ2n) is 6.33. The minimum Gasteiger partial charge on any atom is -0.469 e. The number of rotatable bonds is 9. The summed E-state index contributed by atoms with van der Waals surface area (Å²) in [5.74, 6) is -0.934. The summed E-state index contributed by atoms with van der Waals surface area (Å²) in [5.41, 5.74) is 0.946. The van der Waals surface area contributed by atoms with Crippen molar-refractivity contribution in [2.24, 2.45) is 0 Å². The van der Waals surface area contributed by atoms with Crippen molar-refractivity contribution in [3.8, 4) is 0 Å². The van der Waals surface area contributed by atoms with E-state index in [1.807, 2.05) is 18.2 Å². The van der Waals surface area contributed by atoms with Crippen LogP contribution in [0.4, 0.5) is 0 Å². The molecule has 0 fully saturated rings. The van der Waals surface area contributed by atoms with E-state index in [-0.39, 0.29) is 16.9 Å². The fraction of sp³-hybridized carbons (Fsp3) is 0.333. The Kier molecular flexibility index (Phi) is 7.92. The zero-order chi connectivity index (χ0) is 21.4. The van der Waals surface area contributed by atoms with Crippen LogP contribution < -0.4 is 5.32 Å². The third kappa shape index (κ3) is 5.65. The molecule has 29 heavy (non-hydrogen) atoms. The Morgan fingerprint density at radius 3 is 2.28 bits per heavy atom. The molecule has 0 bridgehead atoms.